The first kappa shape index (κ1) is 16.9. The van der Waals surface area contributed by atoms with E-state index in [1.54, 1.807) is 43.3 Å². The van der Waals surface area contributed by atoms with Crippen molar-refractivity contribution >= 4 is 35.3 Å². The maximum absolute atomic E-state index is 12.6. The van der Waals surface area contributed by atoms with Gasteiger partial charge in [0.05, 0.1) is 12.3 Å². The Morgan fingerprint density at radius 2 is 2.00 bits per heavy atom. The number of imide groups is 1. The lowest BCUT2D eigenvalue weighted by molar-refractivity contribution is -0.113. The Hall–Kier alpha value is -2.99. The third-order valence-corrected chi connectivity index (χ3v) is 3.81. The molecule has 0 saturated carbocycles. The van der Waals surface area contributed by atoms with E-state index in [2.05, 4.69) is 5.32 Å². The number of phenolic OH excluding ortho intramolecular Hbond substituents is 1. The topological polar surface area (TPSA) is 78.9 Å². The van der Waals surface area contributed by atoms with E-state index < -0.39 is 11.9 Å². The summed E-state index contributed by atoms with van der Waals surface area (Å²) in [5, 5.41) is 13.1. The summed E-state index contributed by atoms with van der Waals surface area (Å²) in [6, 6.07) is 10.8. The number of carbonyl (C=O) groups is 2. The number of hydrogen-bond acceptors (Lipinski definition) is 4. The Labute approximate surface area is 149 Å². The number of benzene rings is 2. The van der Waals surface area contributed by atoms with E-state index in [0.717, 1.165) is 4.90 Å². The molecule has 0 radical (unpaired) electrons. The highest BCUT2D eigenvalue weighted by molar-refractivity contribution is 6.32. The molecule has 0 aromatic heterocycles. The predicted molar refractivity (Wildman–Crippen MR) is 94.7 cm³/mol. The second kappa shape index (κ2) is 6.86. The number of amides is 3. The molecule has 25 heavy (non-hydrogen) atoms. The van der Waals surface area contributed by atoms with Crippen molar-refractivity contribution in [1.29, 1.82) is 0 Å². The van der Waals surface area contributed by atoms with Crippen molar-refractivity contribution in [1.82, 2.24) is 5.32 Å². The number of aromatic hydroxyl groups is 1. The Bertz CT molecular complexity index is 879. The number of rotatable bonds is 4. The number of nitrogens with one attached hydrogen (secondary N) is 1. The smallest absolute Gasteiger partial charge is 0.333 e. The molecule has 1 fully saturated rings. The summed E-state index contributed by atoms with van der Waals surface area (Å²) in [5.74, 6) is -0.325. The molecule has 1 aliphatic rings. The van der Waals surface area contributed by atoms with Gasteiger partial charge in [0.1, 0.15) is 5.70 Å². The van der Waals surface area contributed by atoms with Crippen molar-refractivity contribution in [3.05, 3.63) is 58.7 Å². The van der Waals surface area contributed by atoms with Gasteiger partial charge in [-0.25, -0.2) is 9.69 Å². The summed E-state index contributed by atoms with van der Waals surface area (Å²) in [6.45, 7) is 2.19. The largest absolute Gasteiger partial charge is 0.504 e. The predicted octanol–water partition coefficient (Wildman–Crippen LogP) is 3.54. The highest BCUT2D eigenvalue weighted by atomic mass is 35.5. The normalized spacial score (nSPS) is 15.6. The van der Waals surface area contributed by atoms with Crippen LogP contribution in [-0.4, -0.2) is 23.7 Å². The quantitative estimate of drug-likeness (QED) is 0.647. The van der Waals surface area contributed by atoms with E-state index in [1.165, 1.54) is 12.1 Å². The average molecular weight is 359 g/mol. The van der Waals surface area contributed by atoms with Gasteiger partial charge in [0.2, 0.25) is 0 Å². The van der Waals surface area contributed by atoms with Crippen molar-refractivity contribution in [2.24, 2.45) is 0 Å². The van der Waals surface area contributed by atoms with Crippen LogP contribution in [0.2, 0.25) is 5.02 Å². The summed E-state index contributed by atoms with van der Waals surface area (Å²) in [7, 11) is 0. The molecule has 3 rings (SSSR count). The van der Waals surface area contributed by atoms with Crippen molar-refractivity contribution < 1.29 is 19.4 Å². The number of anilines is 1. The first-order chi connectivity index (χ1) is 12.0. The molecule has 2 N–H and O–H groups in total. The lowest BCUT2D eigenvalue weighted by Gasteiger charge is -2.11. The van der Waals surface area contributed by atoms with Crippen molar-refractivity contribution in [2.45, 2.75) is 6.92 Å². The molecule has 1 saturated heterocycles. The van der Waals surface area contributed by atoms with Gasteiger partial charge in [-0.05, 0) is 37.3 Å². The van der Waals surface area contributed by atoms with Gasteiger partial charge in [0, 0.05) is 10.6 Å². The number of para-hydroxylation sites is 1. The molecule has 0 spiro atoms. The molecule has 1 heterocycles. The molecule has 6 nitrogen and oxygen atoms in total. The number of nitrogens with zero attached hydrogens (tertiary/aromatic N) is 1. The maximum Gasteiger partial charge on any atom is 0.333 e. The molecular weight excluding hydrogens is 344 g/mol. The van der Waals surface area contributed by atoms with Crippen molar-refractivity contribution in [2.75, 3.05) is 11.5 Å². The van der Waals surface area contributed by atoms with Gasteiger partial charge in [0.15, 0.2) is 11.5 Å². The second-order valence-corrected chi connectivity index (χ2v) is 5.67. The molecule has 128 valence electrons. The number of phenols is 1. The fourth-order valence-electron chi connectivity index (χ4n) is 2.47. The molecule has 2 aromatic rings. The average Bonchev–Trinajstić information content (AvgIpc) is 2.85. The van der Waals surface area contributed by atoms with Gasteiger partial charge >= 0.3 is 6.03 Å². The highest BCUT2D eigenvalue weighted by Gasteiger charge is 2.35. The summed E-state index contributed by atoms with van der Waals surface area (Å²) in [6.07, 6.45) is 1.41. The molecule has 0 atom stereocenters. The summed E-state index contributed by atoms with van der Waals surface area (Å²) >= 11 is 5.92. The minimum Gasteiger partial charge on any atom is -0.504 e. The van der Waals surface area contributed by atoms with Gasteiger partial charge in [-0.1, -0.05) is 29.8 Å². The Kier molecular flexibility index (Phi) is 4.63. The van der Waals surface area contributed by atoms with Crippen molar-refractivity contribution in [3.8, 4) is 11.5 Å². The van der Waals surface area contributed by atoms with Crippen molar-refractivity contribution in [3.63, 3.8) is 0 Å². The van der Waals surface area contributed by atoms with Gasteiger partial charge in [-0.3, -0.25) is 4.79 Å². The van der Waals surface area contributed by atoms with E-state index in [4.69, 9.17) is 16.3 Å². The van der Waals surface area contributed by atoms with Crippen LogP contribution in [-0.2, 0) is 4.79 Å². The van der Waals surface area contributed by atoms with Crippen LogP contribution < -0.4 is 15.0 Å². The van der Waals surface area contributed by atoms with Crippen LogP contribution in [0.3, 0.4) is 0 Å². The lowest BCUT2D eigenvalue weighted by atomic mass is 10.1. The van der Waals surface area contributed by atoms with Crippen LogP contribution in [0, 0.1) is 0 Å². The fraction of sp³-hybridized carbons (Fsp3) is 0.111. The number of urea groups is 1. The maximum atomic E-state index is 12.6. The monoisotopic (exact) mass is 358 g/mol. The number of halogens is 1. The summed E-state index contributed by atoms with van der Waals surface area (Å²) < 4.78 is 5.32. The van der Waals surface area contributed by atoms with Gasteiger partial charge in [-0.2, -0.15) is 0 Å². The molecule has 0 bridgehead atoms. The van der Waals surface area contributed by atoms with Crippen LogP contribution in [0.5, 0.6) is 11.5 Å². The first-order valence-electron chi connectivity index (χ1n) is 7.58. The fourth-order valence-corrected chi connectivity index (χ4v) is 2.65. The summed E-state index contributed by atoms with van der Waals surface area (Å²) in [4.78, 5) is 25.7. The Balaban J connectivity index is 1.95. The lowest BCUT2D eigenvalue weighted by Crippen LogP contribution is -2.30. The zero-order valence-electron chi connectivity index (χ0n) is 13.3. The zero-order valence-corrected chi connectivity index (χ0v) is 14.1. The van der Waals surface area contributed by atoms with E-state index >= 15 is 0 Å². The van der Waals surface area contributed by atoms with Gasteiger partial charge in [0.25, 0.3) is 5.91 Å². The molecule has 1 aliphatic heterocycles. The van der Waals surface area contributed by atoms with E-state index in [9.17, 15) is 14.7 Å². The minimum absolute atomic E-state index is 0.0499. The van der Waals surface area contributed by atoms with E-state index in [-0.39, 0.29) is 11.4 Å². The van der Waals surface area contributed by atoms with E-state index in [1.807, 2.05) is 0 Å². The molecule has 0 aliphatic carbocycles. The molecular formula is C18H15ClN2O4. The molecule has 3 amide bonds. The summed E-state index contributed by atoms with van der Waals surface area (Å²) in [5.41, 5.74) is 0.780. The van der Waals surface area contributed by atoms with Gasteiger partial charge in [-0.15, -0.1) is 0 Å². The molecule has 0 unspecified atom stereocenters. The van der Waals surface area contributed by atoms with Crippen LogP contribution in [0.4, 0.5) is 10.5 Å². The SMILES string of the molecule is CCOc1cccc(/C=C2/NC(=O)N(c3cccc(Cl)c3)C2=O)c1O. The molecule has 2 aromatic carbocycles. The standard InChI is InChI=1S/C18H15ClN2O4/c1-2-25-15-8-3-5-11(16(15)22)9-14-17(23)21(18(24)20-14)13-7-4-6-12(19)10-13/h3-10,22H,2H2,1H3,(H,20,24)/b14-9+. The van der Waals surface area contributed by atoms with Crippen LogP contribution >= 0.6 is 11.6 Å². The number of carbonyl (C=O) groups excluding carboxylic acids is 2. The molecule has 7 heteroatoms. The highest BCUT2D eigenvalue weighted by Crippen LogP contribution is 2.32. The first-order valence-corrected chi connectivity index (χ1v) is 7.96. The minimum atomic E-state index is -0.584. The third-order valence-electron chi connectivity index (χ3n) is 3.57. The third kappa shape index (κ3) is 3.29. The van der Waals surface area contributed by atoms with E-state index in [0.29, 0.717) is 28.6 Å². The number of ether oxygens (including phenoxy) is 1. The van der Waals surface area contributed by atoms with Crippen LogP contribution in [0.1, 0.15) is 12.5 Å². The number of hydrogen-bond donors (Lipinski definition) is 2. The Morgan fingerprint density at radius 3 is 2.72 bits per heavy atom. The Morgan fingerprint density at radius 1 is 1.24 bits per heavy atom. The van der Waals surface area contributed by atoms with Gasteiger partial charge < -0.3 is 15.2 Å². The van der Waals surface area contributed by atoms with Crippen LogP contribution in [0.25, 0.3) is 6.08 Å². The van der Waals surface area contributed by atoms with Crippen LogP contribution in [0.15, 0.2) is 48.2 Å². The zero-order chi connectivity index (χ0) is 18.0. The second-order valence-electron chi connectivity index (χ2n) is 5.24.